The van der Waals surface area contributed by atoms with Crippen molar-refractivity contribution in [3.63, 3.8) is 0 Å². The zero-order valence-electron chi connectivity index (χ0n) is 11.1. The Labute approximate surface area is 112 Å². The maximum Gasteiger partial charge on any atom is 0.255 e. The Kier molecular flexibility index (Phi) is 3.85. The van der Waals surface area contributed by atoms with E-state index in [9.17, 15) is 9.90 Å². The summed E-state index contributed by atoms with van der Waals surface area (Å²) in [5, 5.41) is 12.1. The Morgan fingerprint density at radius 1 is 1.11 bits per heavy atom. The van der Waals surface area contributed by atoms with Crippen LogP contribution in [0.15, 0.2) is 48.5 Å². The standard InChI is InChI=1S/C16H17NO2/c1-11(2)12-6-8-13(9-7-12)16(19)17-14-4-3-5-15(18)10-14/h3-11,18H,1-2H3,(H,17,19). The molecule has 19 heavy (non-hydrogen) atoms. The van der Waals surface area contributed by atoms with Crippen molar-refractivity contribution in [1.82, 2.24) is 0 Å². The van der Waals surface area contributed by atoms with Crippen LogP contribution in [0, 0.1) is 0 Å². The lowest BCUT2D eigenvalue weighted by Gasteiger charge is -2.08. The van der Waals surface area contributed by atoms with Crippen molar-refractivity contribution >= 4 is 11.6 Å². The lowest BCUT2D eigenvalue weighted by atomic mass is 10.0. The maximum absolute atomic E-state index is 12.0. The molecule has 3 nitrogen and oxygen atoms in total. The number of hydrogen-bond acceptors (Lipinski definition) is 2. The van der Waals surface area contributed by atoms with Crippen LogP contribution in [0.1, 0.15) is 35.7 Å². The summed E-state index contributed by atoms with van der Waals surface area (Å²) in [7, 11) is 0. The zero-order valence-corrected chi connectivity index (χ0v) is 11.1. The number of benzene rings is 2. The molecule has 0 aliphatic carbocycles. The Morgan fingerprint density at radius 3 is 2.37 bits per heavy atom. The zero-order chi connectivity index (χ0) is 13.8. The van der Waals surface area contributed by atoms with Gasteiger partial charge in [0.1, 0.15) is 5.75 Å². The van der Waals surface area contributed by atoms with E-state index in [2.05, 4.69) is 19.2 Å². The molecule has 0 unspecified atom stereocenters. The average Bonchev–Trinajstić information content (AvgIpc) is 2.39. The van der Waals surface area contributed by atoms with Crippen LogP contribution >= 0.6 is 0 Å². The molecule has 0 radical (unpaired) electrons. The summed E-state index contributed by atoms with van der Waals surface area (Å²) in [5.74, 6) is 0.400. The minimum atomic E-state index is -0.180. The van der Waals surface area contributed by atoms with Crippen molar-refractivity contribution in [2.45, 2.75) is 19.8 Å². The molecule has 98 valence electrons. The highest BCUT2D eigenvalue weighted by Gasteiger charge is 2.07. The van der Waals surface area contributed by atoms with Crippen molar-refractivity contribution in [3.05, 3.63) is 59.7 Å². The van der Waals surface area contributed by atoms with Gasteiger partial charge in [-0.2, -0.15) is 0 Å². The summed E-state index contributed by atoms with van der Waals surface area (Å²) in [6.07, 6.45) is 0. The van der Waals surface area contributed by atoms with E-state index in [0.717, 1.165) is 0 Å². The lowest BCUT2D eigenvalue weighted by Crippen LogP contribution is -2.11. The SMILES string of the molecule is CC(C)c1ccc(C(=O)Nc2cccc(O)c2)cc1. The maximum atomic E-state index is 12.0. The lowest BCUT2D eigenvalue weighted by molar-refractivity contribution is 0.102. The average molecular weight is 255 g/mol. The van der Waals surface area contributed by atoms with Gasteiger partial charge in [-0.25, -0.2) is 0 Å². The molecule has 0 aliphatic heterocycles. The molecule has 0 aliphatic rings. The summed E-state index contributed by atoms with van der Waals surface area (Å²) in [4.78, 5) is 12.0. The second-order valence-electron chi connectivity index (χ2n) is 4.78. The van der Waals surface area contributed by atoms with Crippen LogP contribution in [0.2, 0.25) is 0 Å². The van der Waals surface area contributed by atoms with Gasteiger partial charge >= 0.3 is 0 Å². The summed E-state index contributed by atoms with van der Waals surface area (Å²) in [5.41, 5.74) is 2.39. The normalized spacial score (nSPS) is 10.5. The number of amides is 1. The van der Waals surface area contributed by atoms with Gasteiger partial charge in [0, 0.05) is 17.3 Å². The van der Waals surface area contributed by atoms with E-state index in [1.807, 2.05) is 24.3 Å². The number of rotatable bonds is 3. The molecule has 0 bridgehead atoms. The number of aromatic hydroxyl groups is 1. The van der Waals surface area contributed by atoms with Crippen LogP contribution in [-0.2, 0) is 0 Å². The highest BCUT2D eigenvalue weighted by Crippen LogP contribution is 2.18. The van der Waals surface area contributed by atoms with E-state index >= 15 is 0 Å². The number of carbonyl (C=O) groups excluding carboxylic acids is 1. The van der Waals surface area contributed by atoms with Gasteiger partial charge in [0.15, 0.2) is 0 Å². The number of nitrogens with one attached hydrogen (secondary N) is 1. The van der Waals surface area contributed by atoms with E-state index < -0.39 is 0 Å². The first-order valence-corrected chi connectivity index (χ1v) is 6.26. The van der Waals surface area contributed by atoms with E-state index in [1.54, 1.807) is 18.2 Å². The molecular formula is C16H17NO2. The van der Waals surface area contributed by atoms with Gasteiger partial charge in [-0.1, -0.05) is 32.0 Å². The van der Waals surface area contributed by atoms with Gasteiger partial charge in [0.25, 0.3) is 5.91 Å². The molecular weight excluding hydrogens is 238 g/mol. The highest BCUT2D eigenvalue weighted by atomic mass is 16.3. The van der Waals surface area contributed by atoms with Crippen LogP contribution in [0.25, 0.3) is 0 Å². The van der Waals surface area contributed by atoms with Gasteiger partial charge < -0.3 is 10.4 Å². The van der Waals surface area contributed by atoms with Crippen LogP contribution in [0.5, 0.6) is 5.75 Å². The Balaban J connectivity index is 2.11. The molecule has 2 aromatic rings. The molecule has 0 heterocycles. The van der Waals surface area contributed by atoms with Gasteiger partial charge in [0.05, 0.1) is 0 Å². The van der Waals surface area contributed by atoms with E-state index in [4.69, 9.17) is 0 Å². The first-order valence-electron chi connectivity index (χ1n) is 6.26. The predicted octanol–water partition coefficient (Wildman–Crippen LogP) is 3.77. The Bertz CT molecular complexity index is 574. The fourth-order valence-electron chi connectivity index (χ4n) is 1.81. The van der Waals surface area contributed by atoms with Crippen LogP contribution in [-0.4, -0.2) is 11.0 Å². The molecule has 0 saturated carbocycles. The minimum Gasteiger partial charge on any atom is -0.508 e. The summed E-state index contributed by atoms with van der Waals surface area (Å²) < 4.78 is 0. The van der Waals surface area contributed by atoms with Crippen LogP contribution < -0.4 is 5.32 Å². The number of carbonyl (C=O) groups is 1. The minimum absolute atomic E-state index is 0.132. The molecule has 3 heteroatoms. The molecule has 0 fully saturated rings. The molecule has 0 atom stereocenters. The molecule has 2 N–H and O–H groups in total. The van der Waals surface area contributed by atoms with E-state index in [1.165, 1.54) is 11.6 Å². The predicted molar refractivity (Wildman–Crippen MR) is 76.6 cm³/mol. The molecule has 1 amide bonds. The molecule has 0 aromatic heterocycles. The number of hydrogen-bond donors (Lipinski definition) is 2. The van der Waals surface area contributed by atoms with Crippen molar-refractivity contribution in [2.75, 3.05) is 5.32 Å². The molecule has 2 aromatic carbocycles. The monoisotopic (exact) mass is 255 g/mol. The number of phenolic OH excluding ortho intramolecular Hbond substituents is 1. The van der Waals surface area contributed by atoms with Gasteiger partial charge in [-0.3, -0.25) is 4.79 Å². The fraction of sp³-hybridized carbons (Fsp3) is 0.188. The molecule has 0 spiro atoms. The first-order chi connectivity index (χ1) is 9.06. The first kappa shape index (κ1) is 13.1. The van der Waals surface area contributed by atoms with Crippen LogP contribution in [0.4, 0.5) is 5.69 Å². The number of anilines is 1. The largest absolute Gasteiger partial charge is 0.508 e. The van der Waals surface area contributed by atoms with Crippen molar-refractivity contribution in [3.8, 4) is 5.75 Å². The fourth-order valence-corrected chi connectivity index (χ4v) is 1.81. The van der Waals surface area contributed by atoms with Crippen LogP contribution in [0.3, 0.4) is 0 Å². The second kappa shape index (κ2) is 5.57. The van der Waals surface area contributed by atoms with E-state index in [-0.39, 0.29) is 11.7 Å². The van der Waals surface area contributed by atoms with Crippen molar-refractivity contribution in [2.24, 2.45) is 0 Å². The summed E-state index contributed by atoms with van der Waals surface area (Å²) >= 11 is 0. The third-order valence-electron chi connectivity index (χ3n) is 2.94. The van der Waals surface area contributed by atoms with Gasteiger partial charge in [-0.15, -0.1) is 0 Å². The topological polar surface area (TPSA) is 49.3 Å². The molecule has 0 saturated heterocycles. The second-order valence-corrected chi connectivity index (χ2v) is 4.78. The van der Waals surface area contributed by atoms with Crippen molar-refractivity contribution in [1.29, 1.82) is 0 Å². The van der Waals surface area contributed by atoms with E-state index in [0.29, 0.717) is 17.2 Å². The highest BCUT2D eigenvalue weighted by molar-refractivity contribution is 6.04. The smallest absolute Gasteiger partial charge is 0.255 e. The Hall–Kier alpha value is -2.29. The summed E-state index contributed by atoms with van der Waals surface area (Å²) in [6, 6.07) is 14.0. The third kappa shape index (κ3) is 3.35. The van der Waals surface area contributed by atoms with Gasteiger partial charge in [0.2, 0.25) is 0 Å². The Morgan fingerprint density at radius 2 is 1.79 bits per heavy atom. The van der Waals surface area contributed by atoms with Gasteiger partial charge in [-0.05, 0) is 35.7 Å². The summed E-state index contributed by atoms with van der Waals surface area (Å²) in [6.45, 7) is 4.23. The quantitative estimate of drug-likeness (QED) is 0.877. The number of phenols is 1. The van der Waals surface area contributed by atoms with Crippen molar-refractivity contribution < 1.29 is 9.90 Å². The third-order valence-corrected chi connectivity index (χ3v) is 2.94. The molecule has 2 rings (SSSR count).